The Balaban J connectivity index is 3.04. The van der Waals surface area contributed by atoms with Crippen LogP contribution in [-0.4, -0.2) is 26.3 Å². The van der Waals surface area contributed by atoms with Crippen molar-refractivity contribution in [2.75, 3.05) is 13.2 Å². The molecule has 4 heteroatoms. The minimum absolute atomic E-state index is 0.291. The molecule has 0 heterocycles. The molecule has 0 unspecified atom stereocenters. The van der Waals surface area contributed by atoms with Gasteiger partial charge >= 0.3 is 0 Å². The van der Waals surface area contributed by atoms with Crippen molar-refractivity contribution < 1.29 is 4.74 Å². The molecule has 0 fully saturated rings. The molecule has 0 saturated carbocycles. The van der Waals surface area contributed by atoms with Gasteiger partial charge in [0.1, 0.15) is 0 Å². The lowest BCUT2D eigenvalue weighted by molar-refractivity contribution is 0.151. The summed E-state index contributed by atoms with van der Waals surface area (Å²) in [4.78, 5) is 0. The van der Waals surface area contributed by atoms with Gasteiger partial charge in [-0.25, -0.2) is 0 Å². The first-order valence-electron chi connectivity index (χ1n) is 11.5. The third-order valence-electron chi connectivity index (χ3n) is 5.00. The molecule has 0 radical (unpaired) electrons. The van der Waals surface area contributed by atoms with Crippen LogP contribution in [0, 0.1) is 0 Å². The van der Waals surface area contributed by atoms with Gasteiger partial charge in [0.25, 0.3) is 0 Å². The van der Waals surface area contributed by atoms with E-state index in [9.17, 15) is 0 Å². The molecule has 0 aromatic heterocycles. The highest BCUT2D eigenvalue weighted by Gasteiger charge is 2.13. The van der Waals surface area contributed by atoms with E-state index in [1.807, 2.05) is 6.92 Å². The Morgan fingerprint density at radius 3 is 1.37 bits per heavy atom. The van der Waals surface area contributed by atoms with Crippen molar-refractivity contribution in [2.45, 2.75) is 119 Å². The van der Waals surface area contributed by atoms with Gasteiger partial charge in [0.05, 0.1) is 9.46 Å². The second-order valence-corrected chi connectivity index (χ2v) is 17.7. The lowest BCUT2D eigenvalue weighted by atomic mass is 10.0. The lowest BCUT2D eigenvalue weighted by Crippen LogP contribution is -2.09. The SMILES string of the molecule is C=C(C)COCCCCCCCCCCCCCCCCCCC([SiH3])(Br)Br. The Morgan fingerprint density at radius 2 is 1.04 bits per heavy atom. The topological polar surface area (TPSA) is 9.23 Å². The van der Waals surface area contributed by atoms with Crippen LogP contribution >= 0.6 is 31.9 Å². The fourth-order valence-corrected chi connectivity index (χ4v) is 4.28. The third-order valence-corrected chi connectivity index (χ3v) is 6.30. The van der Waals surface area contributed by atoms with Crippen LogP contribution in [0.15, 0.2) is 12.2 Å². The second kappa shape index (κ2) is 20.2. The van der Waals surface area contributed by atoms with Crippen molar-refractivity contribution in [2.24, 2.45) is 0 Å². The number of hydrogen-bond donors (Lipinski definition) is 0. The quantitative estimate of drug-likeness (QED) is 0.0637. The van der Waals surface area contributed by atoms with Gasteiger partial charge in [-0.05, 0) is 19.8 Å². The van der Waals surface area contributed by atoms with Crippen molar-refractivity contribution in [1.82, 2.24) is 0 Å². The summed E-state index contributed by atoms with van der Waals surface area (Å²) in [6, 6.07) is 0. The van der Waals surface area contributed by atoms with Crippen molar-refractivity contribution in [3.8, 4) is 0 Å². The zero-order valence-electron chi connectivity index (χ0n) is 18.3. The molecule has 0 N–H and O–H groups in total. The molecular formula is C23H46Br2OSi. The van der Waals surface area contributed by atoms with Gasteiger partial charge in [-0.1, -0.05) is 140 Å². The van der Waals surface area contributed by atoms with E-state index >= 15 is 0 Å². The predicted octanol–water partition coefficient (Wildman–Crippen LogP) is 8.02. The molecule has 0 aliphatic carbocycles. The van der Waals surface area contributed by atoms with Crippen LogP contribution in [-0.2, 0) is 4.74 Å². The molecule has 0 bridgehead atoms. The molecule has 27 heavy (non-hydrogen) atoms. The summed E-state index contributed by atoms with van der Waals surface area (Å²) in [6.45, 7) is 7.51. The maximum absolute atomic E-state index is 5.53. The highest BCUT2D eigenvalue weighted by atomic mass is 79.9. The van der Waals surface area contributed by atoms with Crippen molar-refractivity contribution >= 4 is 42.1 Å². The van der Waals surface area contributed by atoms with Crippen LogP contribution in [0.3, 0.4) is 0 Å². The Morgan fingerprint density at radius 1 is 0.704 bits per heavy atom. The number of alkyl halides is 2. The molecule has 0 aromatic rings. The molecular weight excluding hydrogens is 480 g/mol. The van der Waals surface area contributed by atoms with Gasteiger partial charge < -0.3 is 4.74 Å². The van der Waals surface area contributed by atoms with Gasteiger partial charge in [-0.2, -0.15) is 0 Å². The highest BCUT2D eigenvalue weighted by molar-refractivity contribution is 9.26. The van der Waals surface area contributed by atoms with E-state index in [2.05, 4.69) is 38.4 Å². The molecule has 0 amide bonds. The van der Waals surface area contributed by atoms with Crippen molar-refractivity contribution in [3.63, 3.8) is 0 Å². The first-order valence-corrected chi connectivity index (χ1v) is 14.1. The van der Waals surface area contributed by atoms with Crippen LogP contribution in [0.5, 0.6) is 0 Å². The van der Waals surface area contributed by atoms with Gasteiger partial charge in [-0.15, -0.1) is 0 Å². The van der Waals surface area contributed by atoms with Crippen LogP contribution in [0.1, 0.15) is 116 Å². The largest absolute Gasteiger partial charge is 0.377 e. The summed E-state index contributed by atoms with van der Waals surface area (Å²) in [7, 11) is 1.17. The molecule has 0 aromatic carbocycles. The van der Waals surface area contributed by atoms with E-state index in [1.165, 1.54) is 119 Å². The van der Waals surface area contributed by atoms with Gasteiger partial charge in [0.2, 0.25) is 0 Å². The Hall–Kier alpha value is 0.877. The first kappa shape index (κ1) is 27.9. The minimum Gasteiger partial charge on any atom is -0.377 e. The maximum Gasteiger partial charge on any atom is 0.0671 e. The van der Waals surface area contributed by atoms with Crippen molar-refractivity contribution in [3.05, 3.63) is 12.2 Å². The molecule has 0 aliphatic heterocycles. The van der Waals surface area contributed by atoms with E-state index in [-0.39, 0.29) is 0 Å². The fourth-order valence-electron chi connectivity index (χ4n) is 3.36. The van der Waals surface area contributed by atoms with E-state index < -0.39 is 0 Å². The Kier molecular flexibility index (Phi) is 20.8. The number of rotatable bonds is 21. The number of hydrogen-bond acceptors (Lipinski definition) is 1. The van der Waals surface area contributed by atoms with Gasteiger partial charge in [-0.3, -0.25) is 0 Å². The molecule has 0 spiro atoms. The summed E-state index contributed by atoms with van der Waals surface area (Å²) in [5.74, 6) is 0. The van der Waals surface area contributed by atoms with Gasteiger partial charge in [0.15, 0.2) is 0 Å². The van der Waals surface area contributed by atoms with E-state index in [1.54, 1.807) is 0 Å². The average molecular weight is 527 g/mol. The Bertz CT molecular complexity index is 329. The summed E-state index contributed by atoms with van der Waals surface area (Å²) < 4.78 is 5.82. The van der Waals surface area contributed by atoms with Crippen LogP contribution in [0.2, 0.25) is 0 Å². The second-order valence-electron chi connectivity index (χ2n) is 8.49. The molecule has 1 nitrogen and oxygen atoms in total. The fraction of sp³-hybridized carbons (Fsp3) is 0.913. The molecule has 0 saturated heterocycles. The van der Waals surface area contributed by atoms with E-state index in [4.69, 9.17) is 4.74 Å². The Labute approximate surface area is 190 Å². The predicted molar refractivity (Wildman–Crippen MR) is 135 cm³/mol. The first-order chi connectivity index (χ1) is 12.9. The standard InChI is InChI=1S/C23H46Br2OSi/c1-22(2)21-26-20-18-16-14-12-10-8-6-4-3-5-7-9-11-13-15-17-19-23(24,25)27/h1,3-21H2,2,27H3. The van der Waals surface area contributed by atoms with Crippen LogP contribution in [0.4, 0.5) is 0 Å². The maximum atomic E-state index is 5.53. The number of unbranched alkanes of at least 4 members (excludes halogenated alkanes) is 15. The molecule has 0 aliphatic rings. The highest BCUT2D eigenvalue weighted by Crippen LogP contribution is 2.28. The normalized spacial score (nSPS) is 12.0. The summed E-state index contributed by atoms with van der Waals surface area (Å²) in [6.07, 6.45) is 23.8. The summed E-state index contributed by atoms with van der Waals surface area (Å²) in [5, 5.41) is 0. The summed E-state index contributed by atoms with van der Waals surface area (Å²) >= 11 is 7.41. The zero-order chi connectivity index (χ0) is 20.2. The zero-order valence-corrected chi connectivity index (χ0v) is 23.5. The lowest BCUT2D eigenvalue weighted by Gasteiger charge is -2.13. The van der Waals surface area contributed by atoms with Crippen molar-refractivity contribution in [1.29, 1.82) is 0 Å². The monoisotopic (exact) mass is 524 g/mol. The average Bonchev–Trinajstić information content (AvgIpc) is 2.58. The molecule has 162 valence electrons. The van der Waals surface area contributed by atoms with E-state index in [0.717, 1.165) is 18.8 Å². The molecule has 0 rings (SSSR count). The smallest absolute Gasteiger partial charge is 0.0671 e. The molecule has 0 atom stereocenters. The minimum atomic E-state index is 0.291. The third kappa shape index (κ3) is 26.9. The summed E-state index contributed by atoms with van der Waals surface area (Å²) in [5.41, 5.74) is 1.12. The van der Waals surface area contributed by atoms with E-state index in [0.29, 0.717) is 2.86 Å². The van der Waals surface area contributed by atoms with Gasteiger partial charge in [0, 0.05) is 16.8 Å². The number of halogens is 2. The van der Waals surface area contributed by atoms with Crippen LogP contribution in [0.25, 0.3) is 0 Å². The number of ether oxygens (including phenoxy) is 1. The van der Waals surface area contributed by atoms with Crippen LogP contribution < -0.4 is 0 Å².